The van der Waals surface area contributed by atoms with E-state index in [-0.39, 0.29) is 5.54 Å². The molecule has 2 aromatic carbocycles. The van der Waals surface area contributed by atoms with Crippen LogP contribution in [0.15, 0.2) is 59.6 Å². The van der Waals surface area contributed by atoms with E-state index in [9.17, 15) is 0 Å². The van der Waals surface area contributed by atoms with E-state index in [4.69, 9.17) is 9.73 Å². The summed E-state index contributed by atoms with van der Waals surface area (Å²) in [6.07, 6.45) is 0. The van der Waals surface area contributed by atoms with E-state index in [0.717, 1.165) is 17.5 Å². The predicted molar refractivity (Wildman–Crippen MR) is 100 cm³/mol. The van der Waals surface area contributed by atoms with Crippen molar-refractivity contribution in [2.75, 3.05) is 6.61 Å². The maximum absolute atomic E-state index is 5.88. The second kappa shape index (κ2) is 5.97. The fourth-order valence-corrected chi connectivity index (χ4v) is 5.63. The fraction of sp³-hybridized carbons (Fsp3) is 0.350. The molecule has 0 fully saturated rings. The first-order valence-corrected chi connectivity index (χ1v) is 11.4. The van der Waals surface area contributed by atoms with Crippen molar-refractivity contribution in [1.82, 2.24) is 0 Å². The molecule has 0 bridgehead atoms. The third kappa shape index (κ3) is 3.56. The number of hydrogen-bond donors (Lipinski definition) is 0. The normalized spacial score (nSPS) is 16.8. The topological polar surface area (TPSA) is 21.6 Å². The van der Waals surface area contributed by atoms with Crippen LogP contribution in [0.3, 0.4) is 0 Å². The number of rotatable bonds is 4. The average molecular weight is 324 g/mol. The average Bonchev–Trinajstić information content (AvgIpc) is 2.88. The largest absolute Gasteiger partial charge is 0.475 e. The highest BCUT2D eigenvalue weighted by molar-refractivity contribution is 6.89. The molecule has 2 aromatic rings. The predicted octanol–water partition coefficient (Wildman–Crippen LogP) is 3.94. The molecule has 3 heteroatoms. The summed E-state index contributed by atoms with van der Waals surface area (Å²) in [5.74, 6) is 0.809. The molecular formula is C20H25NOSi. The second-order valence-corrected chi connectivity index (χ2v) is 12.3. The molecule has 1 aliphatic heterocycles. The van der Waals surface area contributed by atoms with Gasteiger partial charge in [-0.15, -0.1) is 0 Å². The van der Waals surface area contributed by atoms with Gasteiger partial charge in [-0.1, -0.05) is 66.8 Å². The molecule has 120 valence electrons. The minimum atomic E-state index is -1.55. The van der Waals surface area contributed by atoms with E-state index in [1.165, 1.54) is 10.8 Å². The van der Waals surface area contributed by atoms with Crippen LogP contribution in [-0.4, -0.2) is 26.1 Å². The van der Waals surface area contributed by atoms with Crippen molar-refractivity contribution in [2.45, 2.75) is 38.5 Å². The van der Waals surface area contributed by atoms with Gasteiger partial charge in [0.15, 0.2) is 0 Å². The molecular weight excluding hydrogens is 298 g/mol. The molecule has 0 spiro atoms. The van der Waals surface area contributed by atoms with Crippen LogP contribution in [0, 0.1) is 0 Å². The van der Waals surface area contributed by atoms with E-state index < -0.39 is 8.07 Å². The Morgan fingerprint density at radius 1 is 1.00 bits per heavy atom. The molecule has 0 atom stereocenters. The standard InChI is InChI=1S/C20H25NOSi/c1-20(2)15-22-19(21-20)18-13-9-8-10-16(18)14-23(3,4)17-11-6-5-7-12-17/h5-13H,14-15H2,1-4H3. The molecule has 0 aliphatic carbocycles. The quantitative estimate of drug-likeness (QED) is 0.781. The zero-order valence-electron chi connectivity index (χ0n) is 14.5. The first-order chi connectivity index (χ1) is 10.9. The summed E-state index contributed by atoms with van der Waals surface area (Å²) >= 11 is 0. The monoisotopic (exact) mass is 323 g/mol. The molecule has 1 aliphatic rings. The van der Waals surface area contributed by atoms with Crippen LogP contribution < -0.4 is 5.19 Å². The van der Waals surface area contributed by atoms with Gasteiger partial charge < -0.3 is 4.74 Å². The van der Waals surface area contributed by atoms with Gasteiger partial charge in [0.1, 0.15) is 6.61 Å². The first-order valence-electron chi connectivity index (χ1n) is 8.24. The Kier molecular flexibility index (Phi) is 4.15. The van der Waals surface area contributed by atoms with Crippen LogP contribution in [0.5, 0.6) is 0 Å². The molecule has 2 nitrogen and oxygen atoms in total. The summed E-state index contributed by atoms with van der Waals surface area (Å²) in [7, 11) is -1.55. The second-order valence-electron chi connectivity index (χ2n) is 7.60. The molecule has 0 saturated heterocycles. The highest BCUT2D eigenvalue weighted by atomic mass is 28.3. The minimum absolute atomic E-state index is 0.116. The van der Waals surface area contributed by atoms with Crippen molar-refractivity contribution in [3.05, 3.63) is 65.7 Å². The summed E-state index contributed by atoms with van der Waals surface area (Å²) in [5.41, 5.74) is 2.40. The fourth-order valence-electron chi connectivity index (χ4n) is 3.07. The van der Waals surface area contributed by atoms with Crippen molar-refractivity contribution in [3.63, 3.8) is 0 Å². The molecule has 0 saturated carbocycles. The summed E-state index contributed by atoms with van der Waals surface area (Å²) < 4.78 is 5.88. The summed E-state index contributed by atoms with van der Waals surface area (Å²) in [4.78, 5) is 4.76. The first kappa shape index (κ1) is 16.0. The van der Waals surface area contributed by atoms with Gasteiger partial charge in [0, 0.05) is 5.56 Å². The number of aliphatic imine (C=N–C) groups is 1. The maximum atomic E-state index is 5.88. The number of benzene rings is 2. The van der Waals surface area contributed by atoms with Crippen LogP contribution in [0.1, 0.15) is 25.0 Å². The van der Waals surface area contributed by atoms with E-state index >= 15 is 0 Å². The summed E-state index contributed by atoms with van der Waals surface area (Å²) in [5, 5.41) is 1.49. The van der Waals surface area contributed by atoms with Gasteiger partial charge in [-0.2, -0.15) is 0 Å². The summed E-state index contributed by atoms with van der Waals surface area (Å²) in [6.45, 7) is 9.76. The zero-order valence-corrected chi connectivity index (χ0v) is 15.5. The van der Waals surface area contributed by atoms with Gasteiger partial charge in [-0.25, -0.2) is 4.99 Å². The summed E-state index contributed by atoms with van der Waals surface area (Å²) in [6, 6.07) is 20.6. The minimum Gasteiger partial charge on any atom is -0.475 e. The van der Waals surface area contributed by atoms with Crippen molar-refractivity contribution >= 4 is 19.2 Å². The highest BCUT2D eigenvalue weighted by Gasteiger charge is 2.30. The van der Waals surface area contributed by atoms with Crippen LogP contribution in [0.25, 0.3) is 0 Å². The van der Waals surface area contributed by atoms with Gasteiger partial charge >= 0.3 is 0 Å². The van der Waals surface area contributed by atoms with Crippen LogP contribution in [0.4, 0.5) is 0 Å². The van der Waals surface area contributed by atoms with Crippen LogP contribution in [0.2, 0.25) is 13.1 Å². The SMILES string of the molecule is CC1(C)COC(c2ccccc2C[Si](C)(C)c2ccccc2)=N1. The van der Waals surface area contributed by atoms with Gasteiger partial charge in [0.25, 0.3) is 0 Å². The van der Waals surface area contributed by atoms with E-state index in [1.807, 2.05) is 0 Å². The molecule has 3 rings (SSSR count). The van der Waals surface area contributed by atoms with Gasteiger partial charge in [-0.05, 0) is 31.5 Å². The van der Waals surface area contributed by atoms with Crippen molar-refractivity contribution < 1.29 is 4.74 Å². The highest BCUT2D eigenvalue weighted by Crippen LogP contribution is 2.24. The maximum Gasteiger partial charge on any atom is 0.217 e. The van der Waals surface area contributed by atoms with Crippen molar-refractivity contribution in [2.24, 2.45) is 4.99 Å². The Hall–Kier alpha value is -1.87. The van der Waals surface area contributed by atoms with Crippen molar-refractivity contribution in [1.29, 1.82) is 0 Å². The van der Waals surface area contributed by atoms with E-state index in [2.05, 4.69) is 81.5 Å². The molecule has 0 amide bonds. The van der Waals surface area contributed by atoms with Crippen molar-refractivity contribution in [3.8, 4) is 0 Å². The molecule has 0 radical (unpaired) electrons. The Morgan fingerprint density at radius 2 is 1.65 bits per heavy atom. The Morgan fingerprint density at radius 3 is 2.30 bits per heavy atom. The smallest absolute Gasteiger partial charge is 0.217 e. The van der Waals surface area contributed by atoms with Crippen LogP contribution in [-0.2, 0) is 10.8 Å². The lowest BCUT2D eigenvalue weighted by atomic mass is 10.1. The Labute approximate surface area is 140 Å². The van der Waals surface area contributed by atoms with Gasteiger partial charge in [0.05, 0.1) is 13.6 Å². The lowest BCUT2D eigenvalue weighted by Crippen LogP contribution is -2.44. The molecule has 0 unspecified atom stereocenters. The van der Waals surface area contributed by atoms with Crippen LogP contribution >= 0.6 is 0 Å². The molecule has 0 N–H and O–H groups in total. The third-order valence-electron chi connectivity index (χ3n) is 4.40. The lowest BCUT2D eigenvalue weighted by molar-refractivity contribution is 0.279. The lowest BCUT2D eigenvalue weighted by Gasteiger charge is -2.24. The molecule has 23 heavy (non-hydrogen) atoms. The Balaban J connectivity index is 1.93. The van der Waals surface area contributed by atoms with E-state index in [1.54, 1.807) is 0 Å². The number of ether oxygens (including phenoxy) is 1. The number of hydrogen-bond acceptors (Lipinski definition) is 2. The Bertz CT molecular complexity index is 719. The third-order valence-corrected chi connectivity index (χ3v) is 7.56. The van der Waals surface area contributed by atoms with E-state index in [0.29, 0.717) is 6.61 Å². The zero-order chi connectivity index (χ0) is 16.5. The number of nitrogens with zero attached hydrogens (tertiary/aromatic N) is 1. The molecule has 1 heterocycles. The van der Waals surface area contributed by atoms with Gasteiger partial charge in [-0.3, -0.25) is 0 Å². The van der Waals surface area contributed by atoms with Gasteiger partial charge in [0.2, 0.25) is 5.90 Å². The molecule has 0 aromatic heterocycles.